The summed E-state index contributed by atoms with van der Waals surface area (Å²) in [7, 11) is 3.67. The highest BCUT2D eigenvalue weighted by Crippen LogP contribution is 2.30. The fourth-order valence-corrected chi connectivity index (χ4v) is 2.08. The molecule has 0 radical (unpaired) electrons. The molecular weight excluding hydrogens is 222 g/mol. The van der Waals surface area contributed by atoms with E-state index in [4.69, 9.17) is 4.74 Å². The van der Waals surface area contributed by atoms with Crippen molar-refractivity contribution in [1.29, 1.82) is 0 Å². The van der Waals surface area contributed by atoms with Crippen molar-refractivity contribution in [3.05, 3.63) is 54.1 Å². The largest absolute Gasteiger partial charge is 0.497 e. The van der Waals surface area contributed by atoms with E-state index < -0.39 is 0 Å². The summed E-state index contributed by atoms with van der Waals surface area (Å²) in [6.07, 6.45) is 0. The monoisotopic (exact) mass is 241 g/mol. The highest BCUT2D eigenvalue weighted by atomic mass is 16.5. The highest BCUT2D eigenvalue weighted by molar-refractivity contribution is 5.69. The number of rotatable bonds is 4. The number of benzene rings is 2. The van der Waals surface area contributed by atoms with Gasteiger partial charge in [-0.05, 0) is 42.8 Å². The Labute approximate surface area is 109 Å². The van der Waals surface area contributed by atoms with Crippen LogP contribution in [-0.2, 0) is 0 Å². The molecule has 0 aliphatic carbocycles. The number of hydrogen-bond acceptors (Lipinski definition) is 2. The van der Waals surface area contributed by atoms with Crippen molar-refractivity contribution in [2.75, 3.05) is 14.2 Å². The van der Waals surface area contributed by atoms with Crippen molar-refractivity contribution >= 4 is 0 Å². The van der Waals surface area contributed by atoms with Gasteiger partial charge in [0.05, 0.1) is 7.11 Å². The first kappa shape index (κ1) is 12.7. The molecule has 2 aromatic rings. The van der Waals surface area contributed by atoms with Crippen LogP contribution in [0.1, 0.15) is 18.5 Å². The Kier molecular flexibility index (Phi) is 4.00. The zero-order valence-corrected chi connectivity index (χ0v) is 11.1. The van der Waals surface area contributed by atoms with Gasteiger partial charge in [-0.1, -0.05) is 36.4 Å². The minimum atomic E-state index is 0.326. The van der Waals surface area contributed by atoms with E-state index in [0.717, 1.165) is 5.75 Å². The number of hydrogen-bond donors (Lipinski definition) is 1. The minimum Gasteiger partial charge on any atom is -0.497 e. The quantitative estimate of drug-likeness (QED) is 0.882. The van der Waals surface area contributed by atoms with Gasteiger partial charge >= 0.3 is 0 Å². The molecule has 0 saturated carbocycles. The van der Waals surface area contributed by atoms with E-state index >= 15 is 0 Å². The molecule has 0 heterocycles. The highest BCUT2D eigenvalue weighted by Gasteiger charge is 2.10. The second kappa shape index (κ2) is 5.69. The van der Waals surface area contributed by atoms with Crippen LogP contribution in [0, 0.1) is 0 Å². The molecule has 1 N–H and O–H groups in total. The molecule has 1 unspecified atom stereocenters. The van der Waals surface area contributed by atoms with Crippen molar-refractivity contribution in [3.63, 3.8) is 0 Å². The average molecular weight is 241 g/mol. The molecule has 94 valence electrons. The van der Waals surface area contributed by atoms with Gasteiger partial charge in [0.15, 0.2) is 0 Å². The zero-order chi connectivity index (χ0) is 13.0. The third kappa shape index (κ3) is 2.54. The summed E-state index contributed by atoms with van der Waals surface area (Å²) < 4.78 is 5.29. The second-order valence-electron chi connectivity index (χ2n) is 4.33. The number of methoxy groups -OCH3 is 1. The molecule has 0 spiro atoms. The second-order valence-corrected chi connectivity index (χ2v) is 4.33. The Morgan fingerprint density at radius 1 is 1.06 bits per heavy atom. The lowest BCUT2D eigenvalue weighted by molar-refractivity contribution is 0.415. The Balaban J connectivity index is 2.49. The fourth-order valence-electron chi connectivity index (χ4n) is 2.08. The van der Waals surface area contributed by atoms with Crippen molar-refractivity contribution in [2.24, 2.45) is 0 Å². The molecular formula is C16H19NO. The molecule has 2 nitrogen and oxygen atoms in total. The zero-order valence-electron chi connectivity index (χ0n) is 11.1. The van der Waals surface area contributed by atoms with Gasteiger partial charge < -0.3 is 10.1 Å². The third-order valence-corrected chi connectivity index (χ3v) is 3.24. The topological polar surface area (TPSA) is 21.3 Å². The molecule has 0 bridgehead atoms. The van der Waals surface area contributed by atoms with E-state index in [-0.39, 0.29) is 0 Å². The maximum atomic E-state index is 5.29. The molecule has 1 atom stereocenters. The lowest BCUT2D eigenvalue weighted by Crippen LogP contribution is -2.13. The standard InChI is InChI=1S/C16H19NO/c1-12(17-2)15-9-4-5-10-16(15)13-7-6-8-14(11-13)18-3/h4-12,17H,1-3H3. The van der Waals surface area contributed by atoms with Gasteiger partial charge in [-0.3, -0.25) is 0 Å². The molecule has 0 aromatic heterocycles. The Bertz CT molecular complexity index is 522. The smallest absolute Gasteiger partial charge is 0.119 e. The first-order chi connectivity index (χ1) is 8.76. The summed E-state index contributed by atoms with van der Waals surface area (Å²) in [6, 6.07) is 17.0. The molecule has 2 rings (SSSR count). The molecule has 0 saturated heterocycles. The van der Waals surface area contributed by atoms with Gasteiger partial charge in [0, 0.05) is 6.04 Å². The van der Waals surface area contributed by atoms with Gasteiger partial charge in [-0.25, -0.2) is 0 Å². The summed E-state index contributed by atoms with van der Waals surface area (Å²) in [5.74, 6) is 0.888. The first-order valence-electron chi connectivity index (χ1n) is 6.17. The minimum absolute atomic E-state index is 0.326. The molecule has 0 aliphatic heterocycles. The van der Waals surface area contributed by atoms with Gasteiger partial charge in [-0.2, -0.15) is 0 Å². The summed E-state index contributed by atoms with van der Waals surface area (Å²) >= 11 is 0. The van der Waals surface area contributed by atoms with Gasteiger partial charge in [0.25, 0.3) is 0 Å². The summed E-state index contributed by atoms with van der Waals surface area (Å²) in [5, 5.41) is 3.29. The van der Waals surface area contributed by atoms with Crippen LogP contribution < -0.4 is 10.1 Å². The van der Waals surface area contributed by atoms with Gasteiger partial charge in [-0.15, -0.1) is 0 Å². The Morgan fingerprint density at radius 2 is 1.83 bits per heavy atom. The fraction of sp³-hybridized carbons (Fsp3) is 0.250. The van der Waals surface area contributed by atoms with Crippen LogP contribution >= 0.6 is 0 Å². The van der Waals surface area contributed by atoms with Crippen molar-refractivity contribution in [1.82, 2.24) is 5.32 Å². The number of ether oxygens (including phenoxy) is 1. The molecule has 0 aliphatic rings. The molecule has 0 amide bonds. The predicted molar refractivity (Wildman–Crippen MR) is 75.9 cm³/mol. The van der Waals surface area contributed by atoms with E-state index in [0.29, 0.717) is 6.04 Å². The lowest BCUT2D eigenvalue weighted by atomic mass is 9.95. The molecule has 2 aromatic carbocycles. The van der Waals surface area contributed by atoms with E-state index in [1.165, 1.54) is 16.7 Å². The summed E-state index contributed by atoms with van der Waals surface area (Å²) in [6.45, 7) is 2.17. The van der Waals surface area contributed by atoms with Crippen LogP contribution in [-0.4, -0.2) is 14.2 Å². The van der Waals surface area contributed by atoms with E-state index in [2.05, 4.69) is 48.6 Å². The summed E-state index contributed by atoms with van der Waals surface area (Å²) in [4.78, 5) is 0. The van der Waals surface area contributed by atoms with Crippen molar-refractivity contribution < 1.29 is 4.74 Å². The van der Waals surface area contributed by atoms with E-state index in [9.17, 15) is 0 Å². The van der Waals surface area contributed by atoms with E-state index in [1.54, 1.807) is 7.11 Å². The SMILES string of the molecule is CNC(C)c1ccccc1-c1cccc(OC)c1. The lowest BCUT2D eigenvalue weighted by Gasteiger charge is -2.16. The van der Waals surface area contributed by atoms with Crippen LogP contribution in [0.4, 0.5) is 0 Å². The van der Waals surface area contributed by atoms with Crippen LogP contribution in [0.3, 0.4) is 0 Å². The maximum absolute atomic E-state index is 5.29. The van der Waals surface area contributed by atoms with Crippen LogP contribution in [0.25, 0.3) is 11.1 Å². The molecule has 2 heteroatoms. The Morgan fingerprint density at radius 3 is 2.56 bits per heavy atom. The third-order valence-electron chi connectivity index (χ3n) is 3.24. The van der Waals surface area contributed by atoms with Crippen LogP contribution in [0.15, 0.2) is 48.5 Å². The van der Waals surface area contributed by atoms with Crippen LogP contribution in [0.5, 0.6) is 5.75 Å². The molecule has 0 fully saturated rings. The normalized spacial score (nSPS) is 12.2. The number of nitrogens with one attached hydrogen (secondary N) is 1. The maximum Gasteiger partial charge on any atom is 0.119 e. The molecule has 18 heavy (non-hydrogen) atoms. The van der Waals surface area contributed by atoms with E-state index in [1.807, 2.05) is 19.2 Å². The summed E-state index contributed by atoms with van der Waals surface area (Å²) in [5.41, 5.74) is 3.73. The van der Waals surface area contributed by atoms with Gasteiger partial charge in [0.1, 0.15) is 5.75 Å². The Hall–Kier alpha value is -1.80. The van der Waals surface area contributed by atoms with Gasteiger partial charge in [0.2, 0.25) is 0 Å². The van der Waals surface area contributed by atoms with Crippen molar-refractivity contribution in [2.45, 2.75) is 13.0 Å². The average Bonchev–Trinajstić information content (AvgIpc) is 2.46. The van der Waals surface area contributed by atoms with Crippen molar-refractivity contribution in [3.8, 4) is 16.9 Å². The predicted octanol–water partition coefficient (Wildman–Crippen LogP) is 3.64. The van der Waals surface area contributed by atoms with Crippen LogP contribution in [0.2, 0.25) is 0 Å². The first-order valence-corrected chi connectivity index (χ1v) is 6.17.